The molecule has 0 amide bonds. The maximum Gasteiger partial charge on any atom is 0.0664 e. The van der Waals surface area contributed by atoms with E-state index in [-0.39, 0.29) is 0 Å². The van der Waals surface area contributed by atoms with E-state index >= 15 is 0 Å². The summed E-state index contributed by atoms with van der Waals surface area (Å²) in [5.41, 5.74) is 7.68. The van der Waals surface area contributed by atoms with Crippen LogP contribution in [0.3, 0.4) is 0 Å². The molecule has 0 fully saturated rings. The molecule has 5 heteroatoms. The molecule has 2 aromatic rings. The summed E-state index contributed by atoms with van der Waals surface area (Å²) in [6.45, 7) is 1.39. The van der Waals surface area contributed by atoms with Crippen molar-refractivity contribution < 1.29 is 4.74 Å². The predicted octanol–water partition coefficient (Wildman–Crippen LogP) is 1.73. The van der Waals surface area contributed by atoms with Gasteiger partial charge in [-0.1, -0.05) is 0 Å². The molecule has 0 saturated carbocycles. The van der Waals surface area contributed by atoms with Gasteiger partial charge >= 0.3 is 0 Å². The van der Waals surface area contributed by atoms with Crippen molar-refractivity contribution in [1.82, 2.24) is 10.2 Å². The third kappa shape index (κ3) is 3.21. The molecule has 18 heavy (non-hydrogen) atoms. The van der Waals surface area contributed by atoms with Gasteiger partial charge in [0.25, 0.3) is 0 Å². The average Bonchev–Trinajstić information content (AvgIpc) is 2.83. The highest BCUT2D eigenvalue weighted by atomic mass is 16.5. The summed E-state index contributed by atoms with van der Waals surface area (Å²) >= 11 is 0. The minimum Gasteiger partial charge on any atom is -0.383 e. The highest BCUT2D eigenvalue weighted by Crippen LogP contribution is 2.18. The number of H-pyrrole nitrogens is 1. The fourth-order valence-corrected chi connectivity index (χ4v) is 2.03. The number of aromatic amines is 1. The number of hydrogen-bond acceptors (Lipinski definition) is 4. The van der Waals surface area contributed by atoms with E-state index in [0.29, 0.717) is 19.2 Å². The van der Waals surface area contributed by atoms with Crippen molar-refractivity contribution in [2.45, 2.75) is 18.9 Å². The van der Waals surface area contributed by atoms with Gasteiger partial charge in [0.2, 0.25) is 0 Å². The number of rotatable bonds is 7. The molecule has 4 N–H and O–H groups in total. The van der Waals surface area contributed by atoms with Crippen molar-refractivity contribution in [3.8, 4) is 0 Å². The molecule has 0 aliphatic carbocycles. The second kappa shape index (κ2) is 6.37. The van der Waals surface area contributed by atoms with Crippen molar-refractivity contribution >= 4 is 16.6 Å². The zero-order valence-electron chi connectivity index (χ0n) is 10.6. The highest BCUT2D eigenvalue weighted by Gasteiger charge is 2.08. The third-order valence-electron chi connectivity index (χ3n) is 2.94. The van der Waals surface area contributed by atoms with Crippen LogP contribution in [0.25, 0.3) is 10.9 Å². The Morgan fingerprint density at radius 1 is 1.50 bits per heavy atom. The van der Waals surface area contributed by atoms with Crippen molar-refractivity contribution in [3.05, 3.63) is 24.4 Å². The standard InChI is InChI=1S/C13H20N4O/c1-18-9-12(3-2-6-14)16-11-4-5-13-10(7-11)8-15-17-13/h4-5,7-8,12,16H,2-3,6,9,14H2,1H3,(H,15,17). The van der Waals surface area contributed by atoms with E-state index in [9.17, 15) is 0 Å². The molecule has 0 aliphatic rings. The van der Waals surface area contributed by atoms with E-state index in [1.807, 2.05) is 18.3 Å². The highest BCUT2D eigenvalue weighted by molar-refractivity contribution is 5.81. The van der Waals surface area contributed by atoms with E-state index < -0.39 is 0 Å². The molecular weight excluding hydrogens is 228 g/mol. The van der Waals surface area contributed by atoms with Crippen LogP contribution in [0.5, 0.6) is 0 Å². The summed E-state index contributed by atoms with van der Waals surface area (Å²) in [5.74, 6) is 0. The first kappa shape index (κ1) is 12.9. The van der Waals surface area contributed by atoms with Crippen molar-refractivity contribution in [1.29, 1.82) is 0 Å². The SMILES string of the molecule is COCC(CCCN)Nc1ccc2[nH]ncc2c1. The van der Waals surface area contributed by atoms with Crippen LogP contribution in [0.2, 0.25) is 0 Å². The number of benzene rings is 1. The fourth-order valence-electron chi connectivity index (χ4n) is 2.03. The second-order valence-corrected chi connectivity index (χ2v) is 4.40. The molecule has 5 nitrogen and oxygen atoms in total. The number of fused-ring (bicyclic) bond motifs is 1. The van der Waals surface area contributed by atoms with Gasteiger partial charge in [0, 0.05) is 24.2 Å². The summed E-state index contributed by atoms with van der Waals surface area (Å²) in [7, 11) is 1.72. The smallest absolute Gasteiger partial charge is 0.0664 e. The van der Waals surface area contributed by atoms with Crippen molar-refractivity contribution in [2.75, 3.05) is 25.6 Å². The minimum absolute atomic E-state index is 0.294. The van der Waals surface area contributed by atoms with Crippen LogP contribution in [0.4, 0.5) is 5.69 Å². The van der Waals surface area contributed by atoms with Gasteiger partial charge < -0.3 is 15.8 Å². The number of anilines is 1. The van der Waals surface area contributed by atoms with Crippen LogP contribution in [0, 0.1) is 0 Å². The molecule has 1 heterocycles. The van der Waals surface area contributed by atoms with E-state index in [2.05, 4.69) is 21.6 Å². The van der Waals surface area contributed by atoms with Gasteiger partial charge in [0.15, 0.2) is 0 Å². The molecule has 1 unspecified atom stereocenters. The molecule has 1 aromatic heterocycles. The number of nitrogens with one attached hydrogen (secondary N) is 2. The Hall–Kier alpha value is -1.59. The Balaban J connectivity index is 2.04. The lowest BCUT2D eigenvalue weighted by molar-refractivity contribution is 0.182. The molecule has 0 aliphatic heterocycles. The second-order valence-electron chi connectivity index (χ2n) is 4.40. The van der Waals surface area contributed by atoms with E-state index in [1.165, 1.54) is 0 Å². The van der Waals surface area contributed by atoms with Crippen LogP contribution in [-0.4, -0.2) is 36.5 Å². The zero-order valence-corrected chi connectivity index (χ0v) is 10.6. The number of nitrogens with two attached hydrogens (primary N) is 1. The molecule has 0 radical (unpaired) electrons. The number of hydrogen-bond donors (Lipinski definition) is 3. The van der Waals surface area contributed by atoms with E-state index in [0.717, 1.165) is 29.4 Å². The summed E-state index contributed by atoms with van der Waals surface area (Å²) in [4.78, 5) is 0. The third-order valence-corrected chi connectivity index (χ3v) is 2.94. The normalized spacial score (nSPS) is 12.8. The summed E-state index contributed by atoms with van der Waals surface area (Å²) in [6.07, 6.45) is 3.83. The molecule has 1 aromatic carbocycles. The molecule has 0 saturated heterocycles. The van der Waals surface area contributed by atoms with Crippen LogP contribution in [0.15, 0.2) is 24.4 Å². The first-order chi connectivity index (χ1) is 8.83. The van der Waals surface area contributed by atoms with Gasteiger partial charge in [-0.05, 0) is 37.6 Å². The average molecular weight is 248 g/mol. The first-order valence-electron chi connectivity index (χ1n) is 6.22. The van der Waals surface area contributed by atoms with Gasteiger partial charge in [-0.2, -0.15) is 5.10 Å². The lowest BCUT2D eigenvalue weighted by Crippen LogP contribution is -2.25. The molecule has 1 atom stereocenters. The Morgan fingerprint density at radius 3 is 3.17 bits per heavy atom. The van der Waals surface area contributed by atoms with Crippen LogP contribution < -0.4 is 11.1 Å². The number of nitrogens with zero attached hydrogens (tertiary/aromatic N) is 1. The quantitative estimate of drug-likeness (QED) is 0.697. The van der Waals surface area contributed by atoms with E-state index in [1.54, 1.807) is 7.11 Å². The lowest BCUT2D eigenvalue weighted by atomic mass is 10.1. The monoisotopic (exact) mass is 248 g/mol. The predicted molar refractivity (Wildman–Crippen MR) is 73.7 cm³/mol. The maximum atomic E-state index is 5.55. The van der Waals surface area contributed by atoms with Crippen LogP contribution in [0.1, 0.15) is 12.8 Å². The summed E-state index contributed by atoms with van der Waals surface area (Å²) in [5, 5.41) is 11.5. The molecule has 2 rings (SSSR count). The molecule has 0 bridgehead atoms. The Bertz CT molecular complexity index is 483. The summed E-state index contributed by atoms with van der Waals surface area (Å²) in [6, 6.07) is 6.45. The number of aromatic nitrogens is 2. The van der Waals surface area contributed by atoms with Crippen LogP contribution >= 0.6 is 0 Å². The lowest BCUT2D eigenvalue weighted by Gasteiger charge is -2.18. The van der Waals surface area contributed by atoms with Crippen molar-refractivity contribution in [2.24, 2.45) is 5.73 Å². The molecular formula is C13H20N4O. The molecule has 0 spiro atoms. The number of methoxy groups -OCH3 is 1. The number of ether oxygens (including phenoxy) is 1. The topological polar surface area (TPSA) is 76.0 Å². The minimum atomic E-state index is 0.294. The Labute approximate surface area is 107 Å². The largest absolute Gasteiger partial charge is 0.383 e. The Morgan fingerprint density at radius 2 is 2.39 bits per heavy atom. The van der Waals surface area contributed by atoms with Crippen molar-refractivity contribution in [3.63, 3.8) is 0 Å². The summed E-state index contributed by atoms with van der Waals surface area (Å²) < 4.78 is 5.22. The van der Waals surface area contributed by atoms with Gasteiger partial charge in [0.1, 0.15) is 0 Å². The first-order valence-corrected chi connectivity index (χ1v) is 6.22. The van der Waals surface area contributed by atoms with Gasteiger partial charge in [-0.3, -0.25) is 5.10 Å². The zero-order chi connectivity index (χ0) is 12.8. The van der Waals surface area contributed by atoms with Gasteiger partial charge in [0.05, 0.1) is 18.3 Å². The Kier molecular flexibility index (Phi) is 4.55. The van der Waals surface area contributed by atoms with Gasteiger partial charge in [-0.15, -0.1) is 0 Å². The van der Waals surface area contributed by atoms with E-state index in [4.69, 9.17) is 10.5 Å². The van der Waals surface area contributed by atoms with Gasteiger partial charge in [-0.25, -0.2) is 0 Å². The maximum absolute atomic E-state index is 5.55. The molecule has 98 valence electrons. The fraction of sp³-hybridized carbons (Fsp3) is 0.462. The van der Waals surface area contributed by atoms with Crippen LogP contribution in [-0.2, 0) is 4.74 Å².